The van der Waals surface area contributed by atoms with Gasteiger partial charge in [-0.1, -0.05) is 42.9 Å². The van der Waals surface area contributed by atoms with Crippen molar-refractivity contribution in [1.29, 1.82) is 0 Å². The van der Waals surface area contributed by atoms with Crippen molar-refractivity contribution in [3.05, 3.63) is 29.8 Å². The fourth-order valence-corrected chi connectivity index (χ4v) is 2.73. The Morgan fingerprint density at radius 1 is 1.26 bits per heavy atom. The average molecular weight is 342 g/mol. The molecule has 23 heavy (non-hydrogen) atoms. The summed E-state index contributed by atoms with van der Waals surface area (Å²) in [5.74, 6) is 0.672. The maximum Gasteiger partial charge on any atom is 0.417 e. The normalized spacial score (nSPS) is 12.5. The number of aromatic nitrogens is 2. The van der Waals surface area contributed by atoms with Crippen molar-refractivity contribution in [2.75, 3.05) is 11.9 Å². The minimum absolute atomic E-state index is 0.0334. The Balaban J connectivity index is 2.19. The van der Waals surface area contributed by atoms with Crippen molar-refractivity contribution in [2.45, 2.75) is 32.9 Å². The van der Waals surface area contributed by atoms with Crippen LogP contribution < -0.4 is 5.32 Å². The first-order valence-electron chi connectivity index (χ1n) is 7.20. The molecule has 0 aliphatic rings. The van der Waals surface area contributed by atoms with Crippen LogP contribution in [0, 0.1) is 0 Å². The number of rotatable bonds is 5. The van der Waals surface area contributed by atoms with Crippen LogP contribution in [0.3, 0.4) is 0 Å². The highest BCUT2D eigenvalue weighted by atomic mass is 32.1. The molecule has 0 bridgehead atoms. The highest BCUT2D eigenvalue weighted by Crippen LogP contribution is 2.38. The van der Waals surface area contributed by atoms with E-state index in [9.17, 15) is 13.2 Å². The third-order valence-electron chi connectivity index (χ3n) is 3.04. The van der Waals surface area contributed by atoms with E-state index in [1.807, 2.05) is 0 Å². The Morgan fingerprint density at radius 2 is 2.00 bits per heavy atom. The van der Waals surface area contributed by atoms with Crippen LogP contribution in [-0.2, 0) is 6.18 Å². The highest BCUT2D eigenvalue weighted by molar-refractivity contribution is 7.18. The number of hydrogen-bond donors (Lipinski definition) is 1. The molecule has 4 nitrogen and oxygen atoms in total. The summed E-state index contributed by atoms with van der Waals surface area (Å²) in [5.41, 5.74) is -0.679. The van der Waals surface area contributed by atoms with Crippen LogP contribution in [0.5, 0.6) is 0 Å². The number of benzene rings is 1. The van der Waals surface area contributed by atoms with Crippen LogP contribution >= 0.6 is 11.3 Å². The molecule has 0 fully saturated rings. The number of nitrogens with zero attached hydrogens (tertiary/aromatic N) is 3. The number of anilines is 1. The summed E-state index contributed by atoms with van der Waals surface area (Å²) >= 11 is 1.07. The summed E-state index contributed by atoms with van der Waals surface area (Å²) in [5, 5.41) is 11.4. The molecule has 0 amide bonds. The third-order valence-corrected chi connectivity index (χ3v) is 3.91. The Kier molecular flexibility index (Phi) is 5.70. The van der Waals surface area contributed by atoms with Crippen LogP contribution in [0.4, 0.5) is 18.3 Å². The lowest BCUT2D eigenvalue weighted by Gasteiger charge is -2.09. The zero-order valence-electron chi connectivity index (χ0n) is 12.8. The lowest BCUT2D eigenvalue weighted by Crippen LogP contribution is -2.07. The molecular weight excluding hydrogens is 325 g/mol. The van der Waals surface area contributed by atoms with Gasteiger partial charge in [0.2, 0.25) is 5.13 Å². The number of hydrogen-bond acceptors (Lipinski definition) is 4. The summed E-state index contributed by atoms with van der Waals surface area (Å²) in [4.78, 5) is 4.31. The summed E-state index contributed by atoms with van der Waals surface area (Å²) in [7, 11) is 0. The number of aliphatic imine (C=N–C) groups is 1. The molecule has 0 aliphatic carbocycles. The molecule has 8 heteroatoms. The van der Waals surface area contributed by atoms with Gasteiger partial charge in [-0.3, -0.25) is 4.99 Å². The zero-order chi connectivity index (χ0) is 16.9. The van der Waals surface area contributed by atoms with Crippen molar-refractivity contribution < 1.29 is 13.2 Å². The van der Waals surface area contributed by atoms with Gasteiger partial charge in [0, 0.05) is 12.1 Å². The smallest absolute Gasteiger partial charge is 0.319 e. The second kappa shape index (κ2) is 7.54. The predicted octanol–water partition coefficient (Wildman–Crippen LogP) is 4.85. The first-order chi connectivity index (χ1) is 10.9. The molecule has 1 aromatic carbocycles. The number of halogens is 3. The van der Waals surface area contributed by atoms with Crippen molar-refractivity contribution in [2.24, 2.45) is 4.99 Å². The molecular formula is C15H17F3N4S. The molecule has 2 rings (SSSR count). The fourth-order valence-electron chi connectivity index (χ4n) is 1.90. The lowest BCUT2D eigenvalue weighted by atomic mass is 10.1. The van der Waals surface area contributed by atoms with Crippen LogP contribution in [0.25, 0.3) is 10.6 Å². The average Bonchev–Trinajstić information content (AvgIpc) is 2.95. The monoisotopic (exact) mass is 342 g/mol. The quantitative estimate of drug-likeness (QED) is 0.480. The van der Waals surface area contributed by atoms with Gasteiger partial charge in [-0.25, -0.2) is 0 Å². The van der Waals surface area contributed by atoms with Crippen molar-refractivity contribution >= 4 is 22.3 Å². The van der Waals surface area contributed by atoms with E-state index in [-0.39, 0.29) is 10.6 Å². The van der Waals surface area contributed by atoms with E-state index in [1.165, 1.54) is 12.1 Å². The fraction of sp³-hybridized carbons (Fsp3) is 0.400. The van der Waals surface area contributed by atoms with E-state index in [0.29, 0.717) is 17.5 Å². The number of nitrogens with one attached hydrogen (secondary N) is 1. The van der Waals surface area contributed by atoms with Crippen molar-refractivity contribution in [3.8, 4) is 10.6 Å². The van der Waals surface area contributed by atoms with Gasteiger partial charge in [0.15, 0.2) is 0 Å². The largest absolute Gasteiger partial charge is 0.417 e. The molecule has 0 saturated heterocycles. The topological polar surface area (TPSA) is 50.2 Å². The van der Waals surface area contributed by atoms with Crippen molar-refractivity contribution in [3.63, 3.8) is 0 Å². The standard InChI is InChI=1S/C15H17F3N4S/c1-3-4-9-19-10(2)20-14-22-21-13(23-14)11-7-5-6-8-12(11)15(16,17)18/h5-8H,3-4,9H2,1-2H3,(H,19,20,22). The Morgan fingerprint density at radius 3 is 2.70 bits per heavy atom. The van der Waals surface area contributed by atoms with Gasteiger partial charge in [0.05, 0.1) is 11.4 Å². The van der Waals surface area contributed by atoms with Crippen LogP contribution in [-0.4, -0.2) is 22.6 Å². The summed E-state index contributed by atoms with van der Waals surface area (Å²) in [6, 6.07) is 5.35. The van der Waals surface area contributed by atoms with E-state index in [1.54, 1.807) is 13.0 Å². The van der Waals surface area contributed by atoms with Gasteiger partial charge in [-0.05, 0) is 19.4 Å². The number of unbranched alkanes of at least 4 members (excludes halogenated alkanes) is 1. The Labute approximate surface area is 136 Å². The zero-order valence-corrected chi connectivity index (χ0v) is 13.6. The summed E-state index contributed by atoms with van der Waals surface area (Å²) < 4.78 is 39.1. The van der Waals surface area contributed by atoms with E-state index < -0.39 is 11.7 Å². The Bertz CT molecular complexity index is 679. The van der Waals surface area contributed by atoms with Gasteiger partial charge in [0.1, 0.15) is 5.01 Å². The summed E-state index contributed by atoms with van der Waals surface area (Å²) in [6.07, 6.45) is -2.39. The van der Waals surface area contributed by atoms with Crippen LogP contribution in [0.2, 0.25) is 0 Å². The first kappa shape index (κ1) is 17.4. The SMILES string of the molecule is CCCCN=C(C)Nc1nnc(-c2ccccc2C(F)(F)F)s1. The number of amidine groups is 1. The van der Waals surface area contributed by atoms with E-state index in [4.69, 9.17) is 0 Å². The molecule has 0 saturated carbocycles. The first-order valence-corrected chi connectivity index (χ1v) is 8.01. The minimum atomic E-state index is -4.42. The maximum absolute atomic E-state index is 13.0. The van der Waals surface area contributed by atoms with E-state index in [2.05, 4.69) is 27.4 Å². The van der Waals surface area contributed by atoms with Gasteiger partial charge in [0.25, 0.3) is 0 Å². The molecule has 0 aliphatic heterocycles. The second-order valence-electron chi connectivity index (χ2n) is 4.90. The van der Waals surface area contributed by atoms with Crippen LogP contribution in [0.15, 0.2) is 29.3 Å². The van der Waals surface area contributed by atoms with Gasteiger partial charge in [-0.2, -0.15) is 13.2 Å². The molecule has 124 valence electrons. The molecule has 1 N–H and O–H groups in total. The highest BCUT2D eigenvalue weighted by Gasteiger charge is 2.34. The van der Waals surface area contributed by atoms with E-state index in [0.717, 1.165) is 30.2 Å². The molecule has 1 aromatic heterocycles. The van der Waals surface area contributed by atoms with Crippen molar-refractivity contribution in [1.82, 2.24) is 10.2 Å². The second-order valence-corrected chi connectivity index (χ2v) is 5.88. The molecule has 0 unspecified atom stereocenters. The predicted molar refractivity (Wildman–Crippen MR) is 86.9 cm³/mol. The third kappa shape index (κ3) is 4.75. The maximum atomic E-state index is 13.0. The van der Waals surface area contributed by atoms with Gasteiger partial charge >= 0.3 is 6.18 Å². The van der Waals surface area contributed by atoms with E-state index >= 15 is 0 Å². The van der Waals surface area contributed by atoms with Crippen LogP contribution in [0.1, 0.15) is 32.3 Å². The molecule has 0 radical (unpaired) electrons. The Hall–Kier alpha value is -1.96. The number of alkyl halides is 3. The molecule has 1 heterocycles. The van der Waals surface area contributed by atoms with Gasteiger partial charge in [-0.15, -0.1) is 10.2 Å². The molecule has 2 aromatic rings. The molecule has 0 atom stereocenters. The van der Waals surface area contributed by atoms with Gasteiger partial charge < -0.3 is 5.32 Å². The minimum Gasteiger partial charge on any atom is -0.319 e. The lowest BCUT2D eigenvalue weighted by molar-refractivity contribution is -0.137. The summed E-state index contributed by atoms with van der Waals surface area (Å²) in [6.45, 7) is 4.58. The molecule has 0 spiro atoms.